The predicted octanol–water partition coefficient (Wildman–Crippen LogP) is 1.78. The molecule has 2 rings (SSSR count). The maximum Gasteiger partial charge on any atom is 0.258 e. The number of pyridine rings is 1. The lowest BCUT2D eigenvalue weighted by Crippen LogP contribution is -2.13. The van der Waals surface area contributed by atoms with Crippen molar-refractivity contribution in [2.75, 3.05) is 5.32 Å². The molecule has 0 spiro atoms. The lowest BCUT2D eigenvalue weighted by atomic mass is 10.3. The van der Waals surface area contributed by atoms with Crippen molar-refractivity contribution in [2.24, 2.45) is 0 Å². The van der Waals surface area contributed by atoms with Crippen molar-refractivity contribution in [3.63, 3.8) is 0 Å². The van der Waals surface area contributed by atoms with Crippen LogP contribution in [0.4, 0.5) is 5.82 Å². The van der Waals surface area contributed by atoms with Crippen LogP contribution < -0.4 is 5.32 Å². The van der Waals surface area contributed by atoms with Crippen LogP contribution in [0.5, 0.6) is 0 Å². The fourth-order valence-electron chi connectivity index (χ4n) is 1.09. The Kier molecular flexibility index (Phi) is 3.07. The van der Waals surface area contributed by atoms with Crippen LogP contribution in [-0.2, 0) is 0 Å². The molecule has 0 unspecified atom stereocenters. The lowest BCUT2D eigenvalue weighted by molar-refractivity contribution is 0.102. The molecule has 0 atom stereocenters. The first kappa shape index (κ1) is 10.5. The van der Waals surface area contributed by atoms with Gasteiger partial charge >= 0.3 is 0 Å². The Morgan fingerprint density at radius 2 is 2.12 bits per heavy atom. The molecular weight excluding hydrogens is 228 g/mol. The van der Waals surface area contributed by atoms with Gasteiger partial charge in [-0.1, -0.05) is 11.6 Å². The minimum absolute atomic E-state index is 0.226. The van der Waals surface area contributed by atoms with Gasteiger partial charge in [0.15, 0.2) is 5.82 Å². The van der Waals surface area contributed by atoms with Gasteiger partial charge in [-0.05, 0) is 12.1 Å². The van der Waals surface area contributed by atoms with E-state index in [4.69, 9.17) is 11.6 Å². The summed E-state index contributed by atoms with van der Waals surface area (Å²) in [4.78, 5) is 23.2. The molecule has 0 saturated carbocycles. The number of nitrogens with one attached hydrogen (secondary N) is 1. The van der Waals surface area contributed by atoms with Crippen molar-refractivity contribution in [3.05, 3.63) is 47.6 Å². The van der Waals surface area contributed by atoms with Crippen molar-refractivity contribution in [1.29, 1.82) is 0 Å². The molecule has 1 amide bonds. The highest BCUT2D eigenvalue weighted by molar-refractivity contribution is 6.29. The molecule has 2 aromatic heterocycles. The van der Waals surface area contributed by atoms with Crippen molar-refractivity contribution < 1.29 is 4.79 Å². The van der Waals surface area contributed by atoms with Crippen LogP contribution in [0.2, 0.25) is 5.15 Å². The van der Waals surface area contributed by atoms with Crippen molar-refractivity contribution in [1.82, 2.24) is 15.0 Å². The minimum atomic E-state index is -0.301. The Balaban J connectivity index is 2.14. The SMILES string of the molecule is O=C(Nc1cncc(Cl)n1)c1cccnc1. The molecule has 0 saturated heterocycles. The van der Waals surface area contributed by atoms with Crippen LogP contribution in [0, 0.1) is 0 Å². The predicted molar refractivity (Wildman–Crippen MR) is 59.2 cm³/mol. The summed E-state index contributed by atoms with van der Waals surface area (Å²) < 4.78 is 0. The second-order valence-electron chi connectivity index (χ2n) is 2.92. The Morgan fingerprint density at radius 1 is 1.25 bits per heavy atom. The zero-order valence-corrected chi connectivity index (χ0v) is 8.85. The van der Waals surface area contributed by atoms with Gasteiger partial charge in [0.1, 0.15) is 5.15 Å². The van der Waals surface area contributed by atoms with Crippen molar-refractivity contribution in [3.8, 4) is 0 Å². The average molecular weight is 235 g/mol. The number of halogens is 1. The Morgan fingerprint density at radius 3 is 2.81 bits per heavy atom. The lowest BCUT2D eigenvalue weighted by Gasteiger charge is -2.03. The maximum absolute atomic E-state index is 11.7. The fourth-order valence-corrected chi connectivity index (χ4v) is 1.24. The summed E-state index contributed by atoms with van der Waals surface area (Å²) in [6.45, 7) is 0. The maximum atomic E-state index is 11.7. The van der Waals surface area contributed by atoms with Gasteiger partial charge in [-0.3, -0.25) is 14.8 Å². The number of hydrogen-bond donors (Lipinski definition) is 1. The summed E-state index contributed by atoms with van der Waals surface area (Å²) >= 11 is 5.64. The standard InChI is InChI=1S/C10H7ClN4O/c11-8-5-13-6-9(14-8)15-10(16)7-2-1-3-12-4-7/h1-6H,(H,14,15,16). The van der Waals surface area contributed by atoms with Crippen LogP contribution in [0.15, 0.2) is 36.9 Å². The molecule has 5 nitrogen and oxygen atoms in total. The summed E-state index contributed by atoms with van der Waals surface area (Å²) in [5, 5.41) is 2.79. The molecule has 0 aliphatic carbocycles. The van der Waals surface area contributed by atoms with E-state index in [-0.39, 0.29) is 11.1 Å². The molecule has 2 aromatic rings. The van der Waals surface area contributed by atoms with Gasteiger partial charge in [-0.25, -0.2) is 4.98 Å². The summed E-state index contributed by atoms with van der Waals surface area (Å²) in [6, 6.07) is 3.33. The summed E-state index contributed by atoms with van der Waals surface area (Å²) in [5.41, 5.74) is 0.448. The Labute approximate surface area is 96.5 Å². The number of nitrogens with zero attached hydrogens (tertiary/aromatic N) is 3. The molecule has 1 N–H and O–H groups in total. The Bertz CT molecular complexity index is 503. The van der Waals surface area contributed by atoms with E-state index in [1.54, 1.807) is 18.3 Å². The monoisotopic (exact) mass is 234 g/mol. The number of carbonyl (C=O) groups is 1. The van der Waals surface area contributed by atoms with Gasteiger partial charge in [-0.2, -0.15) is 0 Å². The van der Waals surface area contributed by atoms with E-state index in [0.717, 1.165) is 0 Å². The van der Waals surface area contributed by atoms with Gasteiger partial charge in [0, 0.05) is 12.4 Å². The van der Waals surface area contributed by atoms with Gasteiger partial charge in [0.2, 0.25) is 0 Å². The van der Waals surface area contributed by atoms with Crippen LogP contribution in [-0.4, -0.2) is 20.9 Å². The van der Waals surface area contributed by atoms with E-state index >= 15 is 0 Å². The van der Waals surface area contributed by atoms with Gasteiger partial charge in [0.25, 0.3) is 5.91 Å². The van der Waals surface area contributed by atoms with Crippen LogP contribution in [0.1, 0.15) is 10.4 Å². The topological polar surface area (TPSA) is 67.8 Å². The number of anilines is 1. The zero-order valence-electron chi connectivity index (χ0n) is 8.09. The fraction of sp³-hybridized carbons (Fsp3) is 0. The highest BCUT2D eigenvalue weighted by Crippen LogP contribution is 2.08. The average Bonchev–Trinajstić information content (AvgIpc) is 2.30. The second-order valence-corrected chi connectivity index (χ2v) is 3.31. The first-order valence-corrected chi connectivity index (χ1v) is 4.82. The van der Waals surface area contributed by atoms with E-state index in [9.17, 15) is 4.79 Å². The van der Waals surface area contributed by atoms with Crippen molar-refractivity contribution >= 4 is 23.3 Å². The van der Waals surface area contributed by atoms with Gasteiger partial charge in [0.05, 0.1) is 18.0 Å². The van der Waals surface area contributed by atoms with E-state index in [2.05, 4.69) is 20.3 Å². The molecule has 0 aromatic carbocycles. The third-order valence-corrected chi connectivity index (χ3v) is 1.95. The zero-order chi connectivity index (χ0) is 11.4. The molecule has 0 aliphatic heterocycles. The summed E-state index contributed by atoms with van der Waals surface area (Å²) in [7, 11) is 0. The first-order chi connectivity index (χ1) is 7.75. The Hall–Kier alpha value is -2.01. The highest BCUT2D eigenvalue weighted by atomic mass is 35.5. The van der Waals surface area contributed by atoms with Gasteiger partial charge < -0.3 is 5.32 Å². The largest absolute Gasteiger partial charge is 0.305 e. The molecule has 0 radical (unpaired) electrons. The normalized spacial score (nSPS) is 9.81. The highest BCUT2D eigenvalue weighted by Gasteiger charge is 2.06. The third-order valence-electron chi connectivity index (χ3n) is 1.77. The van der Waals surface area contributed by atoms with Crippen LogP contribution in [0.3, 0.4) is 0 Å². The van der Waals surface area contributed by atoms with Crippen molar-refractivity contribution in [2.45, 2.75) is 0 Å². The first-order valence-electron chi connectivity index (χ1n) is 4.44. The molecule has 0 aliphatic rings. The van der Waals surface area contributed by atoms with Crippen LogP contribution in [0.25, 0.3) is 0 Å². The number of carbonyl (C=O) groups excluding carboxylic acids is 1. The van der Waals surface area contributed by atoms with Crippen LogP contribution >= 0.6 is 11.6 Å². The van der Waals surface area contributed by atoms with E-state index in [1.807, 2.05) is 0 Å². The number of rotatable bonds is 2. The molecule has 6 heteroatoms. The molecule has 2 heterocycles. The van der Waals surface area contributed by atoms with E-state index in [1.165, 1.54) is 18.6 Å². The molecule has 80 valence electrons. The summed E-state index contributed by atoms with van der Waals surface area (Å²) in [6.07, 6.45) is 5.87. The third kappa shape index (κ3) is 2.52. The smallest absolute Gasteiger partial charge is 0.258 e. The molecule has 0 fully saturated rings. The quantitative estimate of drug-likeness (QED) is 0.860. The minimum Gasteiger partial charge on any atom is -0.305 e. The number of hydrogen-bond acceptors (Lipinski definition) is 4. The second kappa shape index (κ2) is 4.67. The molecule has 0 bridgehead atoms. The number of amides is 1. The molecule has 16 heavy (non-hydrogen) atoms. The molecular formula is C10H7ClN4O. The number of aromatic nitrogens is 3. The van der Waals surface area contributed by atoms with Gasteiger partial charge in [-0.15, -0.1) is 0 Å². The summed E-state index contributed by atoms with van der Waals surface area (Å²) in [5.74, 6) is 0.00557. The van der Waals surface area contributed by atoms with E-state index < -0.39 is 0 Å². The van der Waals surface area contributed by atoms with E-state index in [0.29, 0.717) is 11.4 Å².